The normalized spacial score (nSPS) is 14.5. The van der Waals surface area contributed by atoms with Gasteiger partial charge in [0, 0.05) is 0 Å². The Kier molecular flexibility index (Phi) is 6.65. The Bertz CT molecular complexity index is 280. The number of hydrogen-bond donors (Lipinski definition) is 2. The zero-order valence-electron chi connectivity index (χ0n) is 11.3. The van der Waals surface area contributed by atoms with Gasteiger partial charge in [0.2, 0.25) is 0 Å². The van der Waals surface area contributed by atoms with Crippen LogP contribution in [-0.2, 0) is 4.74 Å². The summed E-state index contributed by atoms with van der Waals surface area (Å²) in [4.78, 5) is 13.1. The topological polar surface area (TPSA) is 70.0 Å². The SMILES string of the molecule is C=C[C@@H](O)CN(C[C@@H](O)C=C)C(=O)OC(C)(C)C. The van der Waals surface area contributed by atoms with Gasteiger partial charge in [-0.05, 0) is 20.8 Å². The molecule has 0 spiro atoms. The third kappa shape index (κ3) is 7.09. The lowest BCUT2D eigenvalue weighted by Crippen LogP contribution is -2.43. The van der Waals surface area contributed by atoms with Crippen LogP contribution < -0.4 is 0 Å². The summed E-state index contributed by atoms with van der Waals surface area (Å²) in [6, 6.07) is 0. The largest absolute Gasteiger partial charge is 0.444 e. The molecule has 0 heterocycles. The van der Waals surface area contributed by atoms with Crippen LogP contribution in [0, 0.1) is 0 Å². The van der Waals surface area contributed by atoms with Gasteiger partial charge in [0.1, 0.15) is 5.60 Å². The van der Waals surface area contributed by atoms with Crippen LogP contribution in [0.3, 0.4) is 0 Å². The van der Waals surface area contributed by atoms with Gasteiger partial charge < -0.3 is 19.8 Å². The molecule has 0 aromatic rings. The predicted octanol–water partition coefficient (Wildman–Crippen LogP) is 1.32. The highest BCUT2D eigenvalue weighted by molar-refractivity contribution is 5.68. The van der Waals surface area contributed by atoms with Crippen molar-refractivity contribution in [3.05, 3.63) is 25.3 Å². The summed E-state index contributed by atoms with van der Waals surface area (Å²) in [6.07, 6.45) is 0.309. The Morgan fingerprint density at radius 3 is 1.89 bits per heavy atom. The molecule has 18 heavy (non-hydrogen) atoms. The first kappa shape index (κ1) is 16.7. The molecule has 1 amide bonds. The summed E-state index contributed by atoms with van der Waals surface area (Å²) in [7, 11) is 0. The van der Waals surface area contributed by atoms with Crippen molar-refractivity contribution in [2.24, 2.45) is 0 Å². The number of hydrogen-bond acceptors (Lipinski definition) is 4. The third-order valence-electron chi connectivity index (χ3n) is 2.01. The minimum atomic E-state index is -0.866. The van der Waals surface area contributed by atoms with Crippen LogP contribution in [-0.4, -0.2) is 52.1 Å². The van der Waals surface area contributed by atoms with Crippen LogP contribution in [0.4, 0.5) is 4.79 Å². The number of amides is 1. The van der Waals surface area contributed by atoms with Crippen LogP contribution in [0.1, 0.15) is 20.8 Å². The predicted molar refractivity (Wildman–Crippen MR) is 70.2 cm³/mol. The first-order valence-electron chi connectivity index (χ1n) is 5.78. The van der Waals surface area contributed by atoms with E-state index in [0.29, 0.717) is 0 Å². The molecular weight excluding hydrogens is 234 g/mol. The van der Waals surface area contributed by atoms with E-state index in [1.165, 1.54) is 17.1 Å². The second-order valence-corrected chi connectivity index (χ2v) is 4.99. The molecule has 0 unspecified atom stereocenters. The molecule has 5 heteroatoms. The molecule has 5 nitrogen and oxygen atoms in total. The fraction of sp³-hybridized carbons (Fsp3) is 0.615. The number of carbonyl (C=O) groups is 1. The second kappa shape index (κ2) is 7.18. The molecule has 2 N–H and O–H groups in total. The van der Waals surface area contributed by atoms with E-state index in [-0.39, 0.29) is 13.1 Å². The van der Waals surface area contributed by atoms with Crippen LogP contribution in [0.5, 0.6) is 0 Å². The highest BCUT2D eigenvalue weighted by atomic mass is 16.6. The Labute approximate surface area is 108 Å². The van der Waals surface area contributed by atoms with E-state index < -0.39 is 23.9 Å². The lowest BCUT2D eigenvalue weighted by molar-refractivity contribution is 0.0108. The first-order valence-corrected chi connectivity index (χ1v) is 5.78. The molecule has 0 aromatic heterocycles. The van der Waals surface area contributed by atoms with Gasteiger partial charge in [0.25, 0.3) is 0 Å². The zero-order valence-corrected chi connectivity index (χ0v) is 11.3. The fourth-order valence-corrected chi connectivity index (χ4v) is 1.15. The summed E-state index contributed by atoms with van der Waals surface area (Å²) in [5, 5.41) is 19.0. The molecule has 0 radical (unpaired) electrons. The quantitative estimate of drug-likeness (QED) is 0.704. The molecule has 0 fully saturated rings. The lowest BCUT2D eigenvalue weighted by atomic mass is 10.2. The van der Waals surface area contributed by atoms with Gasteiger partial charge >= 0.3 is 6.09 Å². The van der Waals surface area contributed by atoms with Crippen molar-refractivity contribution in [2.75, 3.05) is 13.1 Å². The summed E-state index contributed by atoms with van der Waals surface area (Å²) in [6.45, 7) is 12.1. The lowest BCUT2D eigenvalue weighted by Gasteiger charge is -2.29. The van der Waals surface area contributed by atoms with Crippen molar-refractivity contribution in [3.8, 4) is 0 Å². The molecular formula is C13H23NO4. The Morgan fingerprint density at radius 2 is 1.61 bits per heavy atom. The molecule has 0 aliphatic heterocycles. The zero-order chi connectivity index (χ0) is 14.3. The van der Waals surface area contributed by atoms with Crippen molar-refractivity contribution in [1.29, 1.82) is 0 Å². The van der Waals surface area contributed by atoms with Gasteiger partial charge in [-0.3, -0.25) is 0 Å². The second-order valence-electron chi connectivity index (χ2n) is 4.99. The minimum absolute atomic E-state index is 0.0172. The molecule has 0 rings (SSSR count). The van der Waals surface area contributed by atoms with Gasteiger partial charge in [0.05, 0.1) is 25.3 Å². The minimum Gasteiger partial charge on any atom is -0.444 e. The van der Waals surface area contributed by atoms with Crippen LogP contribution in [0.25, 0.3) is 0 Å². The molecule has 0 bridgehead atoms. The number of ether oxygens (including phenoxy) is 1. The Morgan fingerprint density at radius 1 is 1.22 bits per heavy atom. The van der Waals surface area contributed by atoms with E-state index in [4.69, 9.17) is 4.74 Å². The van der Waals surface area contributed by atoms with Gasteiger partial charge in [-0.1, -0.05) is 12.2 Å². The van der Waals surface area contributed by atoms with Crippen molar-refractivity contribution < 1.29 is 19.7 Å². The van der Waals surface area contributed by atoms with E-state index in [0.717, 1.165) is 0 Å². The van der Waals surface area contributed by atoms with E-state index in [9.17, 15) is 15.0 Å². The molecule has 0 aliphatic rings. The van der Waals surface area contributed by atoms with Gasteiger partial charge in [-0.15, -0.1) is 13.2 Å². The monoisotopic (exact) mass is 257 g/mol. The fourth-order valence-electron chi connectivity index (χ4n) is 1.15. The van der Waals surface area contributed by atoms with Crippen molar-refractivity contribution in [3.63, 3.8) is 0 Å². The van der Waals surface area contributed by atoms with Gasteiger partial charge in [-0.25, -0.2) is 4.79 Å². The highest BCUT2D eigenvalue weighted by Crippen LogP contribution is 2.11. The van der Waals surface area contributed by atoms with Gasteiger partial charge in [0.15, 0.2) is 0 Å². The number of aliphatic hydroxyl groups is 2. The maximum Gasteiger partial charge on any atom is 0.410 e. The first-order chi connectivity index (χ1) is 8.19. The summed E-state index contributed by atoms with van der Waals surface area (Å²) < 4.78 is 5.19. The van der Waals surface area contributed by atoms with Crippen LogP contribution in [0.15, 0.2) is 25.3 Å². The number of carbonyl (C=O) groups excluding carboxylic acids is 1. The average molecular weight is 257 g/mol. The van der Waals surface area contributed by atoms with Crippen LogP contribution >= 0.6 is 0 Å². The highest BCUT2D eigenvalue weighted by Gasteiger charge is 2.24. The molecule has 0 aromatic carbocycles. The Hall–Kier alpha value is -1.33. The summed E-state index contributed by atoms with van der Waals surface area (Å²) in [5.74, 6) is 0. The smallest absolute Gasteiger partial charge is 0.410 e. The van der Waals surface area contributed by atoms with Crippen molar-refractivity contribution in [2.45, 2.75) is 38.6 Å². The van der Waals surface area contributed by atoms with Crippen molar-refractivity contribution in [1.82, 2.24) is 4.90 Å². The standard InChI is InChI=1S/C13H23NO4/c1-6-10(15)8-14(9-11(16)7-2)12(17)18-13(3,4)5/h6-7,10-11,15-16H,1-2,8-9H2,3-5H3/t10-,11+. The summed E-state index contributed by atoms with van der Waals surface area (Å²) >= 11 is 0. The van der Waals surface area contributed by atoms with Crippen molar-refractivity contribution >= 4 is 6.09 Å². The maximum atomic E-state index is 11.9. The number of aliphatic hydroxyl groups excluding tert-OH is 2. The Balaban J connectivity index is 4.68. The van der Waals surface area contributed by atoms with Crippen LogP contribution in [0.2, 0.25) is 0 Å². The molecule has 0 aliphatic carbocycles. The molecule has 0 saturated carbocycles. The van der Waals surface area contributed by atoms with Gasteiger partial charge in [-0.2, -0.15) is 0 Å². The third-order valence-corrected chi connectivity index (χ3v) is 2.01. The number of rotatable bonds is 6. The maximum absolute atomic E-state index is 11.9. The van der Waals surface area contributed by atoms with E-state index in [1.807, 2.05) is 0 Å². The van der Waals surface area contributed by atoms with E-state index in [2.05, 4.69) is 13.2 Å². The number of nitrogens with zero attached hydrogens (tertiary/aromatic N) is 1. The van der Waals surface area contributed by atoms with E-state index in [1.54, 1.807) is 20.8 Å². The molecule has 0 saturated heterocycles. The average Bonchev–Trinajstić information content (AvgIpc) is 2.25. The molecule has 104 valence electrons. The van der Waals surface area contributed by atoms with E-state index >= 15 is 0 Å². The summed E-state index contributed by atoms with van der Waals surface area (Å²) in [5.41, 5.74) is -0.631. The molecule has 2 atom stereocenters.